The number of amides is 1. The molecule has 1 aliphatic heterocycles. The Hall–Kier alpha value is -0.390. The lowest BCUT2D eigenvalue weighted by Crippen LogP contribution is -2.46. The molecule has 0 bridgehead atoms. The van der Waals surface area contributed by atoms with Crippen LogP contribution in [0, 0.1) is 0 Å². The first-order chi connectivity index (χ1) is 7.18. The highest BCUT2D eigenvalue weighted by atomic mass is 79.9. The van der Waals surface area contributed by atoms with Gasteiger partial charge in [0, 0.05) is 11.9 Å². The van der Waals surface area contributed by atoms with Gasteiger partial charge < -0.3 is 9.64 Å². The molecular formula is C10H12BrNO2S. The molecule has 15 heavy (non-hydrogen) atoms. The molecule has 0 aromatic carbocycles. The van der Waals surface area contributed by atoms with Crippen molar-refractivity contribution in [1.82, 2.24) is 4.90 Å². The van der Waals surface area contributed by atoms with E-state index in [9.17, 15) is 4.79 Å². The third-order valence-electron chi connectivity index (χ3n) is 2.44. The maximum absolute atomic E-state index is 12.1. The fourth-order valence-corrected chi connectivity index (χ4v) is 2.75. The van der Waals surface area contributed by atoms with Crippen molar-refractivity contribution in [3.63, 3.8) is 0 Å². The Labute approximate surface area is 101 Å². The summed E-state index contributed by atoms with van der Waals surface area (Å²) in [5, 5.41) is 1.88. The quantitative estimate of drug-likeness (QED) is 0.794. The number of carbonyl (C=O) groups is 1. The molecule has 0 unspecified atom stereocenters. The highest BCUT2D eigenvalue weighted by molar-refractivity contribution is 9.11. The van der Waals surface area contributed by atoms with Gasteiger partial charge in [0.15, 0.2) is 0 Å². The minimum atomic E-state index is 0.104. The van der Waals surface area contributed by atoms with E-state index < -0.39 is 0 Å². The lowest BCUT2D eigenvalue weighted by atomic mass is 10.2. The monoisotopic (exact) mass is 289 g/mol. The number of nitrogens with zero attached hydrogens (tertiary/aromatic N) is 1. The summed E-state index contributed by atoms with van der Waals surface area (Å²) in [7, 11) is 0. The van der Waals surface area contributed by atoms with Crippen molar-refractivity contribution in [2.24, 2.45) is 0 Å². The molecule has 0 saturated carbocycles. The van der Waals surface area contributed by atoms with Gasteiger partial charge in [-0.1, -0.05) is 0 Å². The Morgan fingerprint density at radius 3 is 3.13 bits per heavy atom. The van der Waals surface area contributed by atoms with Crippen molar-refractivity contribution < 1.29 is 9.53 Å². The van der Waals surface area contributed by atoms with Crippen molar-refractivity contribution in [2.75, 3.05) is 19.8 Å². The van der Waals surface area contributed by atoms with Gasteiger partial charge in [-0.3, -0.25) is 4.79 Å². The molecule has 0 N–H and O–H groups in total. The molecule has 1 aliphatic rings. The molecule has 1 fully saturated rings. The third-order valence-corrected chi connectivity index (χ3v) is 3.95. The smallest absolute Gasteiger partial charge is 0.255 e. The first-order valence-corrected chi connectivity index (χ1v) is 6.48. The van der Waals surface area contributed by atoms with Gasteiger partial charge >= 0.3 is 0 Å². The van der Waals surface area contributed by atoms with E-state index in [0.717, 1.165) is 9.35 Å². The highest BCUT2D eigenvalue weighted by Gasteiger charge is 2.25. The van der Waals surface area contributed by atoms with Crippen LogP contribution in [0.4, 0.5) is 0 Å². The number of hydrogen-bond donors (Lipinski definition) is 0. The molecule has 0 aliphatic carbocycles. The van der Waals surface area contributed by atoms with Gasteiger partial charge in [-0.2, -0.15) is 0 Å². The van der Waals surface area contributed by atoms with E-state index in [4.69, 9.17) is 4.74 Å². The van der Waals surface area contributed by atoms with Gasteiger partial charge in [0.25, 0.3) is 5.91 Å². The largest absolute Gasteiger partial charge is 0.377 e. The molecule has 1 atom stereocenters. The summed E-state index contributed by atoms with van der Waals surface area (Å²) in [4.78, 5) is 14.0. The first kappa shape index (κ1) is 11.1. The topological polar surface area (TPSA) is 29.5 Å². The molecule has 5 heteroatoms. The summed E-state index contributed by atoms with van der Waals surface area (Å²) in [6.45, 7) is 3.98. The van der Waals surface area contributed by atoms with E-state index in [1.54, 1.807) is 0 Å². The zero-order chi connectivity index (χ0) is 10.8. The van der Waals surface area contributed by atoms with Crippen molar-refractivity contribution in [3.8, 4) is 0 Å². The summed E-state index contributed by atoms with van der Waals surface area (Å²) in [6.07, 6.45) is 0. The summed E-state index contributed by atoms with van der Waals surface area (Å²) < 4.78 is 6.30. The minimum Gasteiger partial charge on any atom is -0.377 e. The summed E-state index contributed by atoms with van der Waals surface area (Å²) in [6, 6.07) is 2.04. The van der Waals surface area contributed by atoms with Gasteiger partial charge in [-0.05, 0) is 28.9 Å². The standard InChI is InChI=1S/C10H12BrNO2S/c1-7-5-14-3-2-12(7)10(13)8-4-9(11)15-6-8/h4,6-7H,2-3,5H2,1H3/t7-/m1/s1. The number of thiophene rings is 1. The van der Waals surface area contributed by atoms with Crippen LogP contribution in [0.3, 0.4) is 0 Å². The Morgan fingerprint density at radius 1 is 1.73 bits per heavy atom. The van der Waals surface area contributed by atoms with Crippen molar-refractivity contribution in [1.29, 1.82) is 0 Å². The maximum atomic E-state index is 12.1. The molecular weight excluding hydrogens is 278 g/mol. The van der Waals surface area contributed by atoms with Gasteiger partial charge in [0.1, 0.15) is 0 Å². The van der Waals surface area contributed by atoms with Crippen LogP contribution in [0.2, 0.25) is 0 Å². The second-order valence-corrected chi connectivity index (χ2v) is 5.85. The SMILES string of the molecule is C[C@@H]1COCCN1C(=O)c1csc(Br)c1. The van der Waals surface area contributed by atoms with Crippen LogP contribution in [-0.2, 0) is 4.74 Å². The molecule has 1 aromatic rings. The maximum Gasteiger partial charge on any atom is 0.255 e. The predicted octanol–water partition coefficient (Wildman–Crippen LogP) is 2.37. The average Bonchev–Trinajstić information content (AvgIpc) is 2.65. The summed E-state index contributed by atoms with van der Waals surface area (Å²) in [5.41, 5.74) is 0.764. The zero-order valence-electron chi connectivity index (χ0n) is 8.40. The van der Waals surface area contributed by atoms with Gasteiger partial charge in [0.05, 0.1) is 28.6 Å². The van der Waals surface area contributed by atoms with Gasteiger partial charge in [-0.25, -0.2) is 0 Å². The fourth-order valence-electron chi connectivity index (χ4n) is 1.62. The highest BCUT2D eigenvalue weighted by Crippen LogP contribution is 2.22. The second-order valence-electron chi connectivity index (χ2n) is 3.56. The first-order valence-electron chi connectivity index (χ1n) is 4.81. The van der Waals surface area contributed by atoms with Crippen LogP contribution < -0.4 is 0 Å². The predicted molar refractivity (Wildman–Crippen MR) is 63.3 cm³/mol. The molecule has 0 spiro atoms. The lowest BCUT2D eigenvalue weighted by Gasteiger charge is -2.33. The number of morpholine rings is 1. The van der Waals surface area contributed by atoms with Crippen LogP contribution in [0.5, 0.6) is 0 Å². The molecule has 1 saturated heterocycles. The van der Waals surface area contributed by atoms with Crippen LogP contribution in [0.1, 0.15) is 17.3 Å². The van der Waals surface area contributed by atoms with E-state index in [1.165, 1.54) is 11.3 Å². The number of ether oxygens (including phenoxy) is 1. The normalized spacial score (nSPS) is 21.7. The average molecular weight is 290 g/mol. The summed E-state index contributed by atoms with van der Waals surface area (Å²) in [5.74, 6) is 0.104. The van der Waals surface area contributed by atoms with Crippen molar-refractivity contribution >= 4 is 33.2 Å². The Kier molecular flexibility index (Phi) is 3.43. The molecule has 1 amide bonds. The van der Waals surface area contributed by atoms with Crippen LogP contribution in [0.15, 0.2) is 15.2 Å². The Bertz CT molecular complexity index is 366. The molecule has 1 aromatic heterocycles. The number of rotatable bonds is 1. The van der Waals surface area contributed by atoms with Crippen LogP contribution in [0.25, 0.3) is 0 Å². The zero-order valence-corrected chi connectivity index (χ0v) is 10.8. The molecule has 3 nitrogen and oxygen atoms in total. The Morgan fingerprint density at radius 2 is 2.53 bits per heavy atom. The molecule has 2 rings (SSSR count). The van der Waals surface area contributed by atoms with E-state index >= 15 is 0 Å². The molecule has 2 heterocycles. The van der Waals surface area contributed by atoms with Crippen molar-refractivity contribution in [2.45, 2.75) is 13.0 Å². The molecule has 82 valence electrons. The van der Waals surface area contributed by atoms with Gasteiger partial charge in [0.2, 0.25) is 0 Å². The number of carbonyl (C=O) groups excluding carboxylic acids is 1. The van der Waals surface area contributed by atoms with E-state index in [-0.39, 0.29) is 11.9 Å². The minimum absolute atomic E-state index is 0.104. The molecule has 0 radical (unpaired) electrons. The Balaban J connectivity index is 2.13. The number of halogens is 1. The summed E-state index contributed by atoms with van der Waals surface area (Å²) >= 11 is 4.90. The fraction of sp³-hybridized carbons (Fsp3) is 0.500. The lowest BCUT2D eigenvalue weighted by molar-refractivity contribution is 0.00362. The second kappa shape index (κ2) is 4.63. The van der Waals surface area contributed by atoms with E-state index in [1.807, 2.05) is 23.3 Å². The third kappa shape index (κ3) is 2.41. The van der Waals surface area contributed by atoms with Crippen LogP contribution in [-0.4, -0.2) is 36.6 Å². The van der Waals surface area contributed by atoms with E-state index in [0.29, 0.717) is 19.8 Å². The van der Waals surface area contributed by atoms with Crippen LogP contribution >= 0.6 is 27.3 Å². The number of hydrogen-bond acceptors (Lipinski definition) is 3. The van der Waals surface area contributed by atoms with E-state index in [2.05, 4.69) is 15.9 Å². The van der Waals surface area contributed by atoms with Gasteiger partial charge in [-0.15, -0.1) is 11.3 Å². The van der Waals surface area contributed by atoms with Crippen molar-refractivity contribution in [3.05, 3.63) is 20.8 Å².